The van der Waals surface area contributed by atoms with Crippen molar-refractivity contribution in [2.24, 2.45) is 29.6 Å². The van der Waals surface area contributed by atoms with Crippen LogP contribution in [0.1, 0.15) is 135 Å². The molecule has 0 aromatic rings. The van der Waals surface area contributed by atoms with E-state index in [1.54, 1.807) is 0 Å². The van der Waals surface area contributed by atoms with E-state index in [1.807, 2.05) is 0 Å². The van der Waals surface area contributed by atoms with Crippen LogP contribution >= 0.6 is 0 Å². The van der Waals surface area contributed by atoms with Crippen molar-refractivity contribution in [1.29, 1.82) is 0 Å². The minimum atomic E-state index is 0.553. The van der Waals surface area contributed by atoms with Crippen molar-refractivity contribution in [1.82, 2.24) is 0 Å². The van der Waals surface area contributed by atoms with Gasteiger partial charge in [-0.05, 0) is 68.1 Å². The predicted molar refractivity (Wildman–Crippen MR) is 120 cm³/mol. The fourth-order valence-corrected chi connectivity index (χ4v) is 6.85. The Labute approximate surface area is 175 Å². The van der Waals surface area contributed by atoms with Crippen LogP contribution in [0.5, 0.6) is 0 Å². The van der Waals surface area contributed by atoms with Crippen molar-refractivity contribution < 1.29 is 4.79 Å². The van der Waals surface area contributed by atoms with Crippen molar-refractivity contribution in [3.63, 3.8) is 0 Å². The smallest absolute Gasteiger partial charge is 0.133 e. The zero-order valence-corrected chi connectivity index (χ0v) is 18.9. The summed E-state index contributed by atoms with van der Waals surface area (Å²) in [6.07, 6.45) is 28.0. The number of rotatable bonds is 11. The average molecular weight is 389 g/mol. The molecule has 0 aliphatic heterocycles. The third-order valence-electron chi connectivity index (χ3n) is 8.74. The molecule has 28 heavy (non-hydrogen) atoms. The van der Waals surface area contributed by atoms with Gasteiger partial charge in [0.05, 0.1) is 0 Å². The van der Waals surface area contributed by atoms with Crippen molar-refractivity contribution in [3.8, 4) is 0 Å². The average Bonchev–Trinajstić information content (AvgIpc) is 2.72. The highest BCUT2D eigenvalue weighted by atomic mass is 16.1. The Bertz CT molecular complexity index is 434. The summed E-state index contributed by atoms with van der Waals surface area (Å²) in [6.45, 7) is 2.30. The van der Waals surface area contributed by atoms with Crippen LogP contribution in [0.25, 0.3) is 0 Å². The highest BCUT2D eigenvalue weighted by Gasteiger charge is 2.38. The van der Waals surface area contributed by atoms with Gasteiger partial charge >= 0.3 is 0 Å². The highest BCUT2D eigenvalue weighted by Crippen LogP contribution is 2.47. The summed E-state index contributed by atoms with van der Waals surface area (Å²) in [5, 5.41) is 0. The SMILES string of the molecule is CCCCCCCCCCCC1CCC(C2CCC3CC(=O)CCC3C2)CC1. The first-order chi connectivity index (χ1) is 13.8. The fourth-order valence-electron chi connectivity index (χ4n) is 6.85. The van der Waals surface area contributed by atoms with E-state index in [0.29, 0.717) is 5.78 Å². The summed E-state index contributed by atoms with van der Waals surface area (Å²) in [5.74, 6) is 5.29. The van der Waals surface area contributed by atoms with E-state index in [2.05, 4.69) is 6.92 Å². The van der Waals surface area contributed by atoms with E-state index in [4.69, 9.17) is 0 Å². The molecule has 3 saturated carbocycles. The molecule has 0 amide bonds. The quantitative estimate of drug-likeness (QED) is 0.324. The van der Waals surface area contributed by atoms with Crippen LogP contribution < -0.4 is 0 Å². The lowest BCUT2D eigenvalue weighted by Crippen LogP contribution is -2.34. The maximum atomic E-state index is 11.7. The molecule has 3 atom stereocenters. The lowest BCUT2D eigenvalue weighted by atomic mass is 9.62. The second-order valence-electron chi connectivity index (χ2n) is 10.8. The first kappa shape index (κ1) is 22.4. The van der Waals surface area contributed by atoms with Crippen LogP contribution in [-0.4, -0.2) is 5.78 Å². The van der Waals surface area contributed by atoms with Crippen LogP contribution in [0, 0.1) is 29.6 Å². The lowest BCUT2D eigenvalue weighted by molar-refractivity contribution is -0.123. The van der Waals surface area contributed by atoms with Gasteiger partial charge in [0.25, 0.3) is 0 Å². The molecule has 0 aromatic carbocycles. The molecule has 3 fully saturated rings. The van der Waals surface area contributed by atoms with Crippen LogP contribution in [0.4, 0.5) is 0 Å². The molecular formula is C27H48O. The zero-order valence-electron chi connectivity index (χ0n) is 18.9. The second-order valence-corrected chi connectivity index (χ2v) is 10.8. The largest absolute Gasteiger partial charge is 0.300 e. The summed E-state index contributed by atoms with van der Waals surface area (Å²) in [7, 11) is 0. The molecule has 1 nitrogen and oxygen atoms in total. The van der Waals surface area contributed by atoms with E-state index in [9.17, 15) is 4.79 Å². The Balaban J connectivity index is 1.22. The molecule has 3 aliphatic rings. The molecule has 3 aliphatic carbocycles. The maximum Gasteiger partial charge on any atom is 0.133 e. The van der Waals surface area contributed by atoms with Crippen LogP contribution in [-0.2, 0) is 4.79 Å². The van der Waals surface area contributed by atoms with Gasteiger partial charge in [-0.3, -0.25) is 4.79 Å². The molecule has 0 saturated heterocycles. The summed E-state index contributed by atoms with van der Waals surface area (Å²) >= 11 is 0. The molecule has 162 valence electrons. The van der Waals surface area contributed by atoms with Crippen molar-refractivity contribution >= 4 is 5.78 Å². The number of hydrogen-bond acceptors (Lipinski definition) is 1. The van der Waals surface area contributed by atoms with Gasteiger partial charge in [-0.2, -0.15) is 0 Å². The van der Waals surface area contributed by atoms with Gasteiger partial charge in [0, 0.05) is 12.8 Å². The van der Waals surface area contributed by atoms with Gasteiger partial charge in [0.1, 0.15) is 5.78 Å². The fraction of sp³-hybridized carbons (Fsp3) is 0.963. The number of hydrogen-bond donors (Lipinski definition) is 0. The third kappa shape index (κ3) is 7.17. The minimum absolute atomic E-state index is 0.553. The summed E-state index contributed by atoms with van der Waals surface area (Å²) in [4.78, 5) is 11.7. The summed E-state index contributed by atoms with van der Waals surface area (Å²) in [5.41, 5.74) is 0. The van der Waals surface area contributed by atoms with Crippen molar-refractivity contribution in [3.05, 3.63) is 0 Å². The molecular weight excluding hydrogens is 340 g/mol. The zero-order chi connectivity index (χ0) is 19.6. The number of Topliss-reactive ketones (excluding diaryl/α,β-unsaturated/α-hetero) is 1. The number of ketones is 1. The number of carbonyl (C=O) groups is 1. The van der Waals surface area contributed by atoms with E-state index >= 15 is 0 Å². The molecule has 0 bridgehead atoms. The summed E-state index contributed by atoms with van der Waals surface area (Å²) < 4.78 is 0. The standard InChI is InChI=1S/C27H48O/c1-2-3-4-5-6-7-8-9-10-11-22-12-14-23(15-13-22)24-16-17-26-21-27(28)19-18-25(26)20-24/h22-26H,2-21H2,1H3. The predicted octanol–water partition coefficient (Wildman–Crippen LogP) is 8.50. The molecule has 1 heteroatoms. The van der Waals surface area contributed by atoms with Gasteiger partial charge in [0.15, 0.2) is 0 Å². The Hall–Kier alpha value is -0.330. The van der Waals surface area contributed by atoms with Crippen LogP contribution in [0.2, 0.25) is 0 Å². The van der Waals surface area contributed by atoms with Gasteiger partial charge in [-0.15, -0.1) is 0 Å². The lowest BCUT2D eigenvalue weighted by Gasteiger charge is -2.43. The normalized spacial score (nSPS) is 33.6. The van der Waals surface area contributed by atoms with Crippen LogP contribution in [0.3, 0.4) is 0 Å². The van der Waals surface area contributed by atoms with E-state index in [-0.39, 0.29) is 0 Å². The third-order valence-corrected chi connectivity index (χ3v) is 8.74. The Kier molecular flexibility index (Phi) is 9.89. The highest BCUT2D eigenvalue weighted by molar-refractivity contribution is 5.79. The van der Waals surface area contributed by atoms with Crippen molar-refractivity contribution in [2.75, 3.05) is 0 Å². The molecule has 0 radical (unpaired) electrons. The maximum absolute atomic E-state index is 11.7. The minimum Gasteiger partial charge on any atom is -0.300 e. The molecule has 0 spiro atoms. The molecule has 0 heterocycles. The number of carbonyl (C=O) groups excluding carboxylic acids is 1. The van der Waals surface area contributed by atoms with E-state index < -0.39 is 0 Å². The Morgan fingerprint density at radius 2 is 1.21 bits per heavy atom. The first-order valence-corrected chi connectivity index (χ1v) is 13.3. The van der Waals surface area contributed by atoms with Gasteiger partial charge in [-0.1, -0.05) is 84.0 Å². The van der Waals surface area contributed by atoms with Gasteiger partial charge < -0.3 is 0 Å². The topological polar surface area (TPSA) is 17.1 Å². The van der Waals surface area contributed by atoms with Gasteiger partial charge in [0.2, 0.25) is 0 Å². The second kappa shape index (κ2) is 12.4. The summed E-state index contributed by atoms with van der Waals surface area (Å²) in [6, 6.07) is 0. The van der Waals surface area contributed by atoms with E-state index in [0.717, 1.165) is 42.4 Å². The van der Waals surface area contributed by atoms with Crippen molar-refractivity contribution in [2.45, 2.75) is 135 Å². The van der Waals surface area contributed by atoms with E-state index in [1.165, 1.54) is 116 Å². The molecule has 0 aromatic heterocycles. The van der Waals surface area contributed by atoms with Gasteiger partial charge in [-0.25, -0.2) is 0 Å². The molecule has 3 unspecified atom stereocenters. The van der Waals surface area contributed by atoms with Crippen LogP contribution in [0.15, 0.2) is 0 Å². The Morgan fingerprint density at radius 1 is 0.643 bits per heavy atom. The number of fused-ring (bicyclic) bond motifs is 1. The molecule has 3 rings (SSSR count). The molecule has 0 N–H and O–H groups in total. The monoisotopic (exact) mass is 388 g/mol. The Morgan fingerprint density at radius 3 is 1.93 bits per heavy atom. The number of unbranched alkanes of at least 4 members (excludes halogenated alkanes) is 8. The first-order valence-electron chi connectivity index (χ1n) is 13.3.